The van der Waals surface area contributed by atoms with Gasteiger partial charge in [-0.1, -0.05) is 0 Å². The summed E-state index contributed by atoms with van der Waals surface area (Å²) in [4.78, 5) is 0. The van der Waals surface area contributed by atoms with Gasteiger partial charge >= 0.3 is 0 Å². The van der Waals surface area contributed by atoms with Crippen molar-refractivity contribution in [3.63, 3.8) is 0 Å². The van der Waals surface area contributed by atoms with Crippen LogP contribution in [0.5, 0.6) is 0 Å². The van der Waals surface area contributed by atoms with E-state index < -0.39 is 0 Å². The lowest BCUT2D eigenvalue weighted by atomic mass is 10.8. The van der Waals surface area contributed by atoms with Gasteiger partial charge in [-0.2, -0.15) is 0 Å². The molecular weight excluding hydrogens is 94.0 g/mol. The average Bonchev–Trinajstić information content (AvgIpc) is 1.69. The molecule has 0 spiro atoms. The normalized spacial score (nSPS) is 19.6. The lowest BCUT2D eigenvalue weighted by molar-refractivity contribution is -0.733. The van der Waals surface area contributed by atoms with Crippen LogP contribution in [0.25, 0.3) is 0 Å². The number of hydrogen-bond acceptors (Lipinski definition) is 2. The first-order chi connectivity index (χ1) is 3.39. The summed E-state index contributed by atoms with van der Waals surface area (Å²) in [5, 5.41) is 10.2. The van der Waals surface area contributed by atoms with Crippen LogP contribution in [0.1, 0.15) is 0 Å². The lowest BCUT2D eigenvalue weighted by Gasteiger charge is -2.11. The van der Waals surface area contributed by atoms with E-state index >= 15 is 0 Å². The Balaban J connectivity index is 2.49. The van der Waals surface area contributed by atoms with Gasteiger partial charge in [-0.25, -0.2) is 0 Å². The van der Waals surface area contributed by atoms with E-state index in [0.717, 1.165) is 0 Å². The van der Waals surface area contributed by atoms with Crippen LogP contribution in [0.3, 0.4) is 0 Å². The molecule has 0 fully saturated rings. The molecule has 0 aromatic heterocycles. The van der Waals surface area contributed by atoms with E-state index in [4.69, 9.17) is 0 Å². The van der Waals surface area contributed by atoms with Crippen molar-refractivity contribution in [2.45, 2.75) is 0 Å². The molecule has 0 aliphatic carbocycles. The van der Waals surface area contributed by atoms with Gasteiger partial charge in [0.2, 0.25) is 0 Å². The van der Waals surface area contributed by atoms with Crippen LogP contribution in [-0.2, 0) is 4.74 Å². The molecule has 1 rings (SSSR count). The predicted molar refractivity (Wildman–Crippen MR) is 23.7 cm³/mol. The Morgan fingerprint density at radius 2 is 1.86 bits per heavy atom. The summed E-state index contributed by atoms with van der Waals surface area (Å²) >= 11 is 0. The largest absolute Gasteiger partial charge is 0.624 e. The standard InChI is InChI=1S/C4H5NO2/c6-5-1-3-7-4-2-5/h1-5H. The van der Waals surface area contributed by atoms with Crippen LogP contribution >= 0.6 is 0 Å². The smallest absolute Gasteiger partial charge is 0.144 e. The summed E-state index contributed by atoms with van der Waals surface area (Å²) < 4.78 is 4.56. The highest BCUT2D eigenvalue weighted by molar-refractivity contribution is 4.75. The third kappa shape index (κ3) is 1.03. The topological polar surface area (TPSA) is 36.7 Å². The van der Waals surface area contributed by atoms with Crippen molar-refractivity contribution < 1.29 is 9.80 Å². The molecule has 1 aliphatic rings. The van der Waals surface area contributed by atoms with Gasteiger partial charge in [0.1, 0.15) is 24.9 Å². The number of hydroxylamine groups is 2. The van der Waals surface area contributed by atoms with Gasteiger partial charge in [0.25, 0.3) is 0 Å². The van der Waals surface area contributed by atoms with E-state index in [1.54, 1.807) is 0 Å². The Morgan fingerprint density at radius 1 is 1.29 bits per heavy atom. The maximum Gasteiger partial charge on any atom is 0.144 e. The molecule has 1 aliphatic heterocycles. The molecule has 0 atom stereocenters. The second kappa shape index (κ2) is 1.77. The summed E-state index contributed by atoms with van der Waals surface area (Å²) in [7, 11) is 0. The summed E-state index contributed by atoms with van der Waals surface area (Å²) in [6.07, 6.45) is 5.42. The summed E-state index contributed by atoms with van der Waals surface area (Å²) in [6, 6.07) is 0. The fourth-order valence-corrected chi connectivity index (χ4v) is 0.314. The Bertz CT molecular complexity index is 96.3. The minimum absolute atomic E-state index is 0.0220. The van der Waals surface area contributed by atoms with Crippen LogP contribution in [0.4, 0.5) is 0 Å². The summed E-state index contributed by atoms with van der Waals surface area (Å²) in [5.41, 5.74) is 0. The van der Waals surface area contributed by atoms with Crippen molar-refractivity contribution in [2.75, 3.05) is 0 Å². The highest BCUT2D eigenvalue weighted by atomic mass is 16.5. The van der Waals surface area contributed by atoms with Gasteiger partial charge in [0, 0.05) is 0 Å². The van der Waals surface area contributed by atoms with Gasteiger partial charge in [0.05, 0.1) is 0 Å². The average molecular weight is 99.1 g/mol. The van der Waals surface area contributed by atoms with Gasteiger partial charge < -0.3 is 15.0 Å². The third-order valence-corrected chi connectivity index (χ3v) is 0.622. The molecule has 0 amide bonds. The molecule has 0 unspecified atom stereocenters. The van der Waals surface area contributed by atoms with Crippen molar-refractivity contribution in [1.82, 2.24) is 0 Å². The van der Waals surface area contributed by atoms with Gasteiger partial charge in [-0.05, 0) is 0 Å². The van der Waals surface area contributed by atoms with Crippen molar-refractivity contribution in [2.24, 2.45) is 0 Å². The lowest BCUT2D eigenvalue weighted by Crippen LogP contribution is -2.97. The van der Waals surface area contributed by atoms with Gasteiger partial charge in [0.15, 0.2) is 0 Å². The van der Waals surface area contributed by atoms with E-state index in [1.165, 1.54) is 24.9 Å². The highest BCUT2D eigenvalue weighted by Crippen LogP contribution is 1.77. The second-order valence-corrected chi connectivity index (χ2v) is 1.14. The minimum atomic E-state index is -0.0220. The predicted octanol–water partition coefficient (Wildman–Crippen LogP) is -0.658. The first-order valence-electron chi connectivity index (χ1n) is 1.92. The van der Waals surface area contributed by atoms with Crippen LogP contribution in [-0.4, -0.2) is 0 Å². The van der Waals surface area contributed by atoms with Crippen molar-refractivity contribution in [1.29, 1.82) is 0 Å². The first-order valence-corrected chi connectivity index (χ1v) is 1.92. The summed E-state index contributed by atoms with van der Waals surface area (Å²) in [6.45, 7) is 0. The molecule has 3 heteroatoms. The molecule has 7 heavy (non-hydrogen) atoms. The number of hydrogen-bond donors (Lipinski definition) is 1. The molecular formula is C4H5NO2. The maximum absolute atomic E-state index is 10.2. The van der Waals surface area contributed by atoms with Crippen LogP contribution in [0.2, 0.25) is 0 Å². The Labute approximate surface area is 41.1 Å². The molecule has 0 saturated carbocycles. The minimum Gasteiger partial charge on any atom is -0.624 e. The fourth-order valence-electron chi connectivity index (χ4n) is 0.314. The molecule has 0 aromatic rings. The first kappa shape index (κ1) is 4.36. The van der Waals surface area contributed by atoms with Crippen LogP contribution in [0, 0.1) is 5.21 Å². The second-order valence-electron chi connectivity index (χ2n) is 1.14. The number of ether oxygens (including phenoxy) is 1. The van der Waals surface area contributed by atoms with Gasteiger partial charge in [-0.15, -0.1) is 0 Å². The Hall–Kier alpha value is -0.800. The van der Waals surface area contributed by atoms with E-state index in [-0.39, 0.29) is 5.06 Å². The quantitative estimate of drug-likeness (QED) is 0.409. The zero-order valence-corrected chi connectivity index (χ0v) is 3.63. The SMILES string of the molecule is [O-][NH+]1C=COC=C1. The van der Waals surface area contributed by atoms with E-state index in [1.807, 2.05) is 0 Å². The molecule has 1 heterocycles. The molecule has 0 radical (unpaired) electrons. The maximum atomic E-state index is 10.2. The van der Waals surface area contributed by atoms with Gasteiger partial charge in [-0.3, -0.25) is 0 Å². The molecule has 0 aromatic carbocycles. The van der Waals surface area contributed by atoms with E-state index in [9.17, 15) is 5.21 Å². The van der Waals surface area contributed by atoms with E-state index in [0.29, 0.717) is 0 Å². The van der Waals surface area contributed by atoms with E-state index in [2.05, 4.69) is 4.74 Å². The van der Waals surface area contributed by atoms with Crippen molar-refractivity contribution in [3.05, 3.63) is 30.1 Å². The monoisotopic (exact) mass is 99.0 g/mol. The van der Waals surface area contributed by atoms with Crippen LogP contribution in [0.15, 0.2) is 24.9 Å². The van der Waals surface area contributed by atoms with Crippen LogP contribution < -0.4 is 5.06 Å². The zero-order valence-electron chi connectivity index (χ0n) is 3.63. The fraction of sp³-hybridized carbons (Fsp3) is 0. The Morgan fingerprint density at radius 3 is 2.14 bits per heavy atom. The highest BCUT2D eigenvalue weighted by Gasteiger charge is 1.86. The molecule has 0 bridgehead atoms. The molecule has 1 N–H and O–H groups in total. The van der Waals surface area contributed by atoms with Crippen molar-refractivity contribution >= 4 is 0 Å². The third-order valence-electron chi connectivity index (χ3n) is 0.622. The Kier molecular flexibility index (Phi) is 1.10. The molecule has 3 nitrogen and oxygen atoms in total. The molecule has 38 valence electrons. The molecule has 0 saturated heterocycles. The number of quaternary nitrogens is 1. The number of rotatable bonds is 0. The number of nitrogens with one attached hydrogen (secondary N) is 1. The summed E-state index contributed by atoms with van der Waals surface area (Å²) in [5.74, 6) is 0. The zero-order chi connectivity index (χ0) is 5.11. The van der Waals surface area contributed by atoms with Crippen molar-refractivity contribution in [3.8, 4) is 0 Å².